The van der Waals surface area contributed by atoms with Gasteiger partial charge in [-0.05, 0) is 30.0 Å². The van der Waals surface area contributed by atoms with Gasteiger partial charge in [-0.2, -0.15) is 11.3 Å². The van der Waals surface area contributed by atoms with Crippen LogP contribution in [0.5, 0.6) is 0 Å². The number of thiophene rings is 1. The van der Waals surface area contributed by atoms with Gasteiger partial charge in [0.1, 0.15) is 5.69 Å². The average Bonchev–Trinajstić information content (AvgIpc) is 2.70. The van der Waals surface area contributed by atoms with Crippen molar-refractivity contribution in [2.24, 2.45) is 0 Å². The number of rotatable bonds is 2. The van der Waals surface area contributed by atoms with Crippen LogP contribution in [-0.2, 0) is 0 Å². The first-order chi connectivity index (χ1) is 6.79. The fraction of sp³-hybridized carbons (Fsp3) is 0.0909. The highest BCUT2D eigenvalue weighted by Crippen LogP contribution is 2.13. The Morgan fingerprint density at radius 2 is 2.29 bits per heavy atom. The van der Waals surface area contributed by atoms with Gasteiger partial charge in [-0.1, -0.05) is 6.07 Å². The summed E-state index contributed by atoms with van der Waals surface area (Å²) in [7, 11) is 0. The Morgan fingerprint density at radius 1 is 1.43 bits per heavy atom. The highest BCUT2D eigenvalue weighted by atomic mass is 32.1. The Morgan fingerprint density at radius 3 is 2.93 bits per heavy atom. The summed E-state index contributed by atoms with van der Waals surface area (Å²) in [5.74, 6) is 0.00403. The van der Waals surface area contributed by atoms with Gasteiger partial charge in [0.05, 0.1) is 0 Å². The number of hydrogen-bond acceptors (Lipinski definition) is 3. The van der Waals surface area contributed by atoms with E-state index in [1.807, 2.05) is 35.9 Å². The molecule has 14 heavy (non-hydrogen) atoms. The molecule has 2 rings (SSSR count). The number of ketones is 1. The second-order valence-corrected chi connectivity index (χ2v) is 3.79. The molecule has 0 aliphatic carbocycles. The molecule has 0 aromatic carbocycles. The van der Waals surface area contributed by atoms with Crippen molar-refractivity contribution in [3.63, 3.8) is 0 Å². The number of pyridine rings is 1. The van der Waals surface area contributed by atoms with Crippen molar-refractivity contribution in [2.75, 3.05) is 0 Å². The number of nitrogens with zero attached hydrogens (tertiary/aromatic N) is 1. The summed E-state index contributed by atoms with van der Waals surface area (Å²) in [6.45, 7) is 1.90. The first-order valence-corrected chi connectivity index (χ1v) is 5.22. The molecule has 0 aliphatic heterocycles. The molecule has 2 heterocycles. The zero-order chi connectivity index (χ0) is 9.97. The van der Waals surface area contributed by atoms with E-state index in [0.29, 0.717) is 5.69 Å². The van der Waals surface area contributed by atoms with Crippen LogP contribution < -0.4 is 0 Å². The summed E-state index contributed by atoms with van der Waals surface area (Å²) in [4.78, 5) is 16.0. The number of hydrogen-bond donors (Lipinski definition) is 0. The van der Waals surface area contributed by atoms with Crippen molar-refractivity contribution in [1.82, 2.24) is 4.98 Å². The lowest BCUT2D eigenvalue weighted by Crippen LogP contribution is -2.04. The molecule has 0 fully saturated rings. The number of aryl methyl sites for hydroxylation is 1. The van der Waals surface area contributed by atoms with Crippen molar-refractivity contribution in [3.05, 3.63) is 52.0 Å². The average molecular weight is 203 g/mol. The van der Waals surface area contributed by atoms with E-state index in [1.54, 1.807) is 6.20 Å². The van der Waals surface area contributed by atoms with Crippen LogP contribution in [0.2, 0.25) is 0 Å². The third kappa shape index (κ3) is 1.59. The van der Waals surface area contributed by atoms with Crippen molar-refractivity contribution < 1.29 is 4.79 Å². The SMILES string of the molecule is Cc1cccnc1C(=O)c1ccsc1. The molecule has 0 saturated carbocycles. The molecule has 0 radical (unpaired) electrons. The lowest BCUT2D eigenvalue weighted by Gasteiger charge is -2.00. The largest absolute Gasteiger partial charge is 0.287 e. The molecule has 0 saturated heterocycles. The number of aromatic nitrogens is 1. The Hall–Kier alpha value is -1.48. The normalized spacial score (nSPS) is 10.1. The summed E-state index contributed by atoms with van der Waals surface area (Å²) in [6, 6.07) is 5.55. The second kappa shape index (κ2) is 3.72. The summed E-state index contributed by atoms with van der Waals surface area (Å²) in [6.07, 6.45) is 1.65. The maximum absolute atomic E-state index is 11.9. The highest BCUT2D eigenvalue weighted by molar-refractivity contribution is 7.08. The van der Waals surface area contributed by atoms with Crippen molar-refractivity contribution in [3.8, 4) is 0 Å². The topological polar surface area (TPSA) is 30.0 Å². The molecular formula is C11H9NOS. The van der Waals surface area contributed by atoms with Crippen LogP contribution in [0.1, 0.15) is 21.6 Å². The lowest BCUT2D eigenvalue weighted by molar-refractivity contribution is 0.103. The van der Waals surface area contributed by atoms with E-state index in [1.165, 1.54) is 11.3 Å². The van der Waals surface area contributed by atoms with Gasteiger partial charge >= 0.3 is 0 Å². The molecule has 0 amide bonds. The monoisotopic (exact) mass is 203 g/mol. The van der Waals surface area contributed by atoms with E-state index in [2.05, 4.69) is 4.98 Å². The van der Waals surface area contributed by atoms with Crippen LogP contribution in [0.4, 0.5) is 0 Å². The van der Waals surface area contributed by atoms with Crippen LogP contribution in [0, 0.1) is 6.92 Å². The molecule has 0 atom stereocenters. The van der Waals surface area contributed by atoms with Gasteiger partial charge in [0, 0.05) is 17.1 Å². The molecule has 0 spiro atoms. The van der Waals surface area contributed by atoms with Gasteiger partial charge in [0.15, 0.2) is 0 Å². The minimum Gasteiger partial charge on any atom is -0.287 e. The summed E-state index contributed by atoms with van der Waals surface area (Å²) >= 11 is 1.52. The van der Waals surface area contributed by atoms with Crippen LogP contribution in [0.25, 0.3) is 0 Å². The minimum atomic E-state index is 0.00403. The zero-order valence-electron chi connectivity index (χ0n) is 7.73. The molecule has 70 valence electrons. The van der Waals surface area contributed by atoms with E-state index >= 15 is 0 Å². The fourth-order valence-electron chi connectivity index (χ4n) is 1.25. The van der Waals surface area contributed by atoms with Gasteiger partial charge in [0.25, 0.3) is 0 Å². The predicted molar refractivity (Wildman–Crippen MR) is 56.7 cm³/mol. The standard InChI is InChI=1S/C11H9NOS/c1-8-3-2-5-12-10(8)11(13)9-4-6-14-7-9/h2-7H,1H3. The smallest absolute Gasteiger partial charge is 0.212 e. The third-order valence-corrected chi connectivity index (χ3v) is 2.69. The summed E-state index contributed by atoms with van der Waals surface area (Å²) in [5.41, 5.74) is 2.19. The van der Waals surface area contributed by atoms with Crippen LogP contribution in [0.15, 0.2) is 35.2 Å². The van der Waals surface area contributed by atoms with Crippen molar-refractivity contribution in [1.29, 1.82) is 0 Å². The molecular weight excluding hydrogens is 194 g/mol. The number of carbonyl (C=O) groups excluding carboxylic acids is 1. The molecule has 2 aromatic rings. The molecule has 2 nitrogen and oxygen atoms in total. The van der Waals surface area contributed by atoms with Gasteiger partial charge in [-0.15, -0.1) is 0 Å². The molecule has 0 N–H and O–H groups in total. The fourth-order valence-corrected chi connectivity index (χ4v) is 1.89. The molecule has 2 aromatic heterocycles. The van der Waals surface area contributed by atoms with Crippen molar-refractivity contribution in [2.45, 2.75) is 6.92 Å². The van der Waals surface area contributed by atoms with Crippen LogP contribution in [0.3, 0.4) is 0 Å². The second-order valence-electron chi connectivity index (χ2n) is 3.01. The molecule has 0 aliphatic rings. The van der Waals surface area contributed by atoms with Gasteiger partial charge < -0.3 is 0 Å². The Bertz CT molecular complexity index is 448. The van der Waals surface area contributed by atoms with E-state index in [0.717, 1.165) is 11.1 Å². The Labute approximate surface area is 86.2 Å². The minimum absolute atomic E-state index is 0.00403. The van der Waals surface area contributed by atoms with Gasteiger partial charge in [-0.25, -0.2) is 0 Å². The Balaban J connectivity index is 2.42. The maximum Gasteiger partial charge on any atom is 0.212 e. The predicted octanol–water partition coefficient (Wildman–Crippen LogP) is 2.68. The molecule has 0 unspecified atom stereocenters. The highest BCUT2D eigenvalue weighted by Gasteiger charge is 2.12. The summed E-state index contributed by atoms with van der Waals surface area (Å²) < 4.78 is 0. The molecule has 0 bridgehead atoms. The molecule has 3 heteroatoms. The quantitative estimate of drug-likeness (QED) is 0.702. The Kier molecular flexibility index (Phi) is 2.41. The maximum atomic E-state index is 11.9. The third-order valence-electron chi connectivity index (χ3n) is 2.01. The first kappa shape index (κ1) is 9.09. The first-order valence-electron chi connectivity index (χ1n) is 4.27. The number of carbonyl (C=O) groups is 1. The van der Waals surface area contributed by atoms with Crippen molar-refractivity contribution >= 4 is 17.1 Å². The zero-order valence-corrected chi connectivity index (χ0v) is 8.54. The lowest BCUT2D eigenvalue weighted by atomic mass is 10.1. The van der Waals surface area contributed by atoms with Gasteiger partial charge in [-0.3, -0.25) is 9.78 Å². The van der Waals surface area contributed by atoms with Gasteiger partial charge in [0.2, 0.25) is 5.78 Å². The van der Waals surface area contributed by atoms with E-state index in [9.17, 15) is 4.79 Å². The van der Waals surface area contributed by atoms with Crippen LogP contribution in [-0.4, -0.2) is 10.8 Å². The van der Waals surface area contributed by atoms with E-state index in [-0.39, 0.29) is 5.78 Å². The van der Waals surface area contributed by atoms with E-state index in [4.69, 9.17) is 0 Å². The van der Waals surface area contributed by atoms with Crippen LogP contribution >= 0.6 is 11.3 Å². The summed E-state index contributed by atoms with van der Waals surface area (Å²) in [5, 5.41) is 3.74. The van der Waals surface area contributed by atoms with E-state index < -0.39 is 0 Å².